The second kappa shape index (κ2) is 8.76. The van der Waals surface area contributed by atoms with E-state index < -0.39 is 0 Å². The summed E-state index contributed by atoms with van der Waals surface area (Å²) in [6.45, 7) is 0.748. The fourth-order valence-corrected chi connectivity index (χ4v) is 4.08. The summed E-state index contributed by atoms with van der Waals surface area (Å²) in [6, 6.07) is 17.3. The predicted molar refractivity (Wildman–Crippen MR) is 113 cm³/mol. The van der Waals surface area contributed by atoms with E-state index in [1.807, 2.05) is 41.8 Å². The molecule has 0 N–H and O–H groups in total. The fourth-order valence-electron chi connectivity index (χ4n) is 3.19. The van der Waals surface area contributed by atoms with Crippen LogP contribution in [0.5, 0.6) is 0 Å². The minimum absolute atomic E-state index is 0.0706. The Morgan fingerprint density at radius 2 is 1.97 bits per heavy atom. The Bertz CT molecular complexity index is 1020. The van der Waals surface area contributed by atoms with Crippen LogP contribution >= 0.6 is 22.9 Å². The molecule has 0 saturated heterocycles. The van der Waals surface area contributed by atoms with Crippen LogP contribution in [0.1, 0.15) is 27.2 Å². The summed E-state index contributed by atoms with van der Waals surface area (Å²) in [7, 11) is 0. The first-order chi connectivity index (χ1) is 14.1. The highest BCUT2D eigenvalue weighted by Crippen LogP contribution is 2.23. The molecule has 0 saturated carbocycles. The van der Waals surface area contributed by atoms with Gasteiger partial charge in [-0.3, -0.25) is 4.79 Å². The molecule has 29 heavy (non-hydrogen) atoms. The molecule has 0 bridgehead atoms. The summed E-state index contributed by atoms with van der Waals surface area (Å²) in [4.78, 5) is 21.0. The molecule has 4 nitrogen and oxygen atoms in total. The van der Waals surface area contributed by atoms with Gasteiger partial charge in [0.1, 0.15) is 5.82 Å². The highest BCUT2D eigenvalue weighted by Gasteiger charge is 2.28. The van der Waals surface area contributed by atoms with Crippen LogP contribution < -0.4 is 0 Å². The van der Waals surface area contributed by atoms with Crippen LogP contribution in [0.25, 0.3) is 0 Å². The summed E-state index contributed by atoms with van der Waals surface area (Å²) >= 11 is 7.71. The molecule has 0 spiro atoms. The summed E-state index contributed by atoms with van der Waals surface area (Å²) in [6.07, 6.45) is 0.268. The zero-order chi connectivity index (χ0) is 20.2. The minimum atomic E-state index is -0.294. The van der Waals surface area contributed by atoms with E-state index in [1.165, 1.54) is 23.5 Å². The van der Waals surface area contributed by atoms with E-state index in [4.69, 9.17) is 16.4 Å². The first-order valence-corrected chi connectivity index (χ1v) is 10.4. The smallest absolute Gasteiger partial charge is 0.264 e. The van der Waals surface area contributed by atoms with Gasteiger partial charge in [-0.05, 0) is 40.8 Å². The molecule has 4 rings (SSSR count). The molecule has 1 amide bonds. The third kappa shape index (κ3) is 4.66. The lowest BCUT2D eigenvalue weighted by atomic mass is 10.0. The third-order valence-electron chi connectivity index (χ3n) is 4.67. The maximum Gasteiger partial charge on any atom is 0.264 e. The van der Waals surface area contributed by atoms with Crippen molar-refractivity contribution in [1.29, 1.82) is 0 Å². The van der Waals surface area contributed by atoms with E-state index in [1.54, 1.807) is 17.0 Å². The quantitative estimate of drug-likeness (QED) is 0.529. The van der Waals surface area contributed by atoms with Crippen molar-refractivity contribution in [3.63, 3.8) is 0 Å². The largest absolute Gasteiger partial charge is 0.390 e. The number of benzene rings is 2. The number of rotatable bonds is 6. The third-order valence-corrected chi connectivity index (χ3v) is 5.90. The van der Waals surface area contributed by atoms with Gasteiger partial charge < -0.3 is 9.74 Å². The molecule has 1 aliphatic rings. The van der Waals surface area contributed by atoms with E-state index in [2.05, 4.69) is 5.16 Å². The van der Waals surface area contributed by atoms with Gasteiger partial charge in [-0.15, -0.1) is 11.3 Å². The number of hydrogen-bond acceptors (Lipinski definition) is 4. The zero-order valence-corrected chi connectivity index (χ0v) is 17.0. The van der Waals surface area contributed by atoms with E-state index >= 15 is 0 Å². The van der Waals surface area contributed by atoms with Crippen LogP contribution in [0.2, 0.25) is 5.02 Å². The van der Waals surface area contributed by atoms with Crippen molar-refractivity contribution in [2.45, 2.75) is 19.1 Å². The molecular formula is C22H18ClFN2O2S. The van der Waals surface area contributed by atoms with Gasteiger partial charge in [0.05, 0.1) is 17.1 Å². The molecule has 2 aromatic carbocycles. The van der Waals surface area contributed by atoms with E-state index in [0.717, 1.165) is 16.8 Å². The molecule has 0 unspecified atom stereocenters. The average molecular weight is 429 g/mol. The second-order valence-electron chi connectivity index (χ2n) is 6.73. The maximum atomic E-state index is 13.2. The number of carbonyl (C=O) groups excluding carboxylic acids is 1. The fraction of sp³-hybridized carbons (Fsp3) is 0.182. The Balaban J connectivity index is 1.49. The second-order valence-corrected chi connectivity index (χ2v) is 8.09. The molecule has 1 aromatic heterocycles. The van der Waals surface area contributed by atoms with Gasteiger partial charge in [-0.1, -0.05) is 53.2 Å². The highest BCUT2D eigenvalue weighted by molar-refractivity contribution is 7.12. The van der Waals surface area contributed by atoms with Crippen molar-refractivity contribution in [3.8, 4) is 0 Å². The van der Waals surface area contributed by atoms with Crippen molar-refractivity contribution >= 4 is 34.6 Å². The normalized spacial score (nSPS) is 15.7. The molecule has 0 radical (unpaired) electrons. The van der Waals surface area contributed by atoms with Crippen LogP contribution in [0.15, 0.2) is 71.2 Å². The van der Waals surface area contributed by atoms with Crippen molar-refractivity contribution in [1.82, 2.24) is 4.90 Å². The summed E-state index contributed by atoms with van der Waals surface area (Å²) in [5.74, 6) is -0.365. The van der Waals surface area contributed by atoms with Gasteiger partial charge in [0.25, 0.3) is 5.91 Å². The monoisotopic (exact) mass is 428 g/mol. The Hall–Kier alpha value is -2.70. The lowest BCUT2D eigenvalue weighted by Gasteiger charge is -2.25. The van der Waals surface area contributed by atoms with E-state index in [9.17, 15) is 9.18 Å². The molecule has 2 heterocycles. The zero-order valence-electron chi connectivity index (χ0n) is 15.4. The maximum absolute atomic E-state index is 13.2. The SMILES string of the molecule is O=C(c1cccs1)N(Cc1ccccc1Cl)C[C@H]1CC(c2ccc(F)cc2)=NO1. The molecule has 0 aliphatic carbocycles. The lowest BCUT2D eigenvalue weighted by Crippen LogP contribution is -2.37. The van der Waals surface area contributed by atoms with Gasteiger partial charge in [0, 0.05) is 18.0 Å². The number of nitrogens with zero attached hydrogens (tertiary/aromatic N) is 2. The van der Waals surface area contributed by atoms with Crippen LogP contribution in [-0.2, 0) is 11.4 Å². The van der Waals surface area contributed by atoms with Crippen molar-refractivity contribution in [2.24, 2.45) is 5.16 Å². The van der Waals surface area contributed by atoms with Gasteiger partial charge >= 0.3 is 0 Å². The predicted octanol–water partition coefficient (Wildman–Crippen LogP) is 5.38. The molecular weight excluding hydrogens is 411 g/mol. The molecule has 1 atom stereocenters. The number of amides is 1. The van der Waals surface area contributed by atoms with Gasteiger partial charge in [-0.25, -0.2) is 4.39 Å². The summed E-state index contributed by atoms with van der Waals surface area (Å²) < 4.78 is 13.2. The Morgan fingerprint density at radius 3 is 2.69 bits per heavy atom. The summed E-state index contributed by atoms with van der Waals surface area (Å²) in [5, 5.41) is 6.64. The first-order valence-electron chi connectivity index (χ1n) is 9.15. The molecule has 0 fully saturated rings. The first kappa shape index (κ1) is 19.6. The minimum Gasteiger partial charge on any atom is -0.390 e. The number of oxime groups is 1. The molecule has 7 heteroatoms. The van der Waals surface area contributed by atoms with Crippen molar-refractivity contribution in [3.05, 3.63) is 92.9 Å². The van der Waals surface area contributed by atoms with Crippen LogP contribution in [0, 0.1) is 5.82 Å². The van der Waals surface area contributed by atoms with Crippen molar-refractivity contribution in [2.75, 3.05) is 6.54 Å². The standard InChI is InChI=1S/C22H18ClFN2O2S/c23-19-5-2-1-4-16(19)13-26(22(27)21-6-3-11-29-21)14-18-12-20(25-28-18)15-7-9-17(24)10-8-15/h1-11,18H,12-14H2/t18-/m1/s1. The number of thiophene rings is 1. The molecule has 1 aliphatic heterocycles. The molecule has 3 aromatic rings. The van der Waals surface area contributed by atoms with Crippen molar-refractivity contribution < 1.29 is 14.0 Å². The lowest BCUT2D eigenvalue weighted by molar-refractivity contribution is 0.0408. The van der Waals surface area contributed by atoms with E-state index in [0.29, 0.717) is 29.4 Å². The Morgan fingerprint density at radius 1 is 1.17 bits per heavy atom. The van der Waals surface area contributed by atoms with Crippen LogP contribution in [-0.4, -0.2) is 29.2 Å². The Kier molecular flexibility index (Phi) is 5.92. The Labute approximate surface area is 177 Å². The average Bonchev–Trinajstić information content (AvgIpc) is 3.41. The van der Waals surface area contributed by atoms with Crippen LogP contribution in [0.4, 0.5) is 4.39 Å². The summed E-state index contributed by atoms with van der Waals surface area (Å²) in [5.41, 5.74) is 2.43. The van der Waals surface area contributed by atoms with Gasteiger partial charge in [-0.2, -0.15) is 0 Å². The van der Waals surface area contributed by atoms with E-state index in [-0.39, 0.29) is 17.8 Å². The number of halogens is 2. The topological polar surface area (TPSA) is 41.9 Å². The van der Waals surface area contributed by atoms with Gasteiger partial charge in [0.15, 0.2) is 6.10 Å². The highest BCUT2D eigenvalue weighted by atomic mass is 35.5. The van der Waals surface area contributed by atoms with Crippen LogP contribution in [0.3, 0.4) is 0 Å². The number of hydrogen-bond donors (Lipinski definition) is 0. The molecule has 148 valence electrons. The van der Waals surface area contributed by atoms with Gasteiger partial charge in [0.2, 0.25) is 0 Å². The number of carbonyl (C=O) groups is 1.